The molecule has 1 aliphatic rings. The van der Waals surface area contributed by atoms with Crippen LogP contribution in [0.2, 0.25) is 0 Å². The number of carbonyl (C=O) groups excluding carboxylic acids is 1. The Bertz CT molecular complexity index is 673. The molecule has 0 radical (unpaired) electrons. The summed E-state index contributed by atoms with van der Waals surface area (Å²) in [5, 5.41) is 5.20. The zero-order valence-electron chi connectivity index (χ0n) is 14.6. The lowest BCUT2D eigenvalue weighted by Gasteiger charge is -2.36. The number of carbonyl (C=O) groups is 1. The molecule has 0 saturated carbocycles. The quantitative estimate of drug-likeness (QED) is 0.832. The summed E-state index contributed by atoms with van der Waals surface area (Å²) in [5.41, 5.74) is 0.626. The Balaban J connectivity index is 1.50. The highest BCUT2D eigenvalue weighted by Gasteiger charge is 2.27. The number of nitrogens with zero attached hydrogens (tertiary/aromatic N) is 5. The van der Waals surface area contributed by atoms with Crippen LogP contribution in [0.15, 0.2) is 18.5 Å². The fourth-order valence-corrected chi connectivity index (χ4v) is 4.08. The zero-order valence-corrected chi connectivity index (χ0v) is 15.4. The molecule has 1 fully saturated rings. The van der Waals surface area contributed by atoms with Gasteiger partial charge in [0.05, 0.1) is 11.6 Å². The average molecular weight is 347 g/mol. The largest absolute Gasteiger partial charge is 0.337 e. The predicted octanol–water partition coefficient (Wildman–Crippen LogP) is 2.19. The van der Waals surface area contributed by atoms with Gasteiger partial charge in [-0.2, -0.15) is 5.10 Å². The zero-order chi connectivity index (χ0) is 17.1. The highest BCUT2D eigenvalue weighted by molar-refractivity contribution is 7.11. The smallest absolute Gasteiger partial charge is 0.273 e. The lowest BCUT2D eigenvalue weighted by atomic mass is 10.0. The predicted molar refractivity (Wildman–Crippen MR) is 95.4 cm³/mol. The second kappa shape index (κ2) is 7.44. The Morgan fingerprint density at radius 1 is 1.33 bits per heavy atom. The minimum absolute atomic E-state index is 0.0619. The van der Waals surface area contributed by atoms with E-state index in [0.717, 1.165) is 48.9 Å². The van der Waals surface area contributed by atoms with Crippen LogP contribution in [0.1, 0.15) is 33.2 Å². The van der Waals surface area contributed by atoms with Crippen molar-refractivity contribution < 1.29 is 4.79 Å². The summed E-state index contributed by atoms with van der Waals surface area (Å²) < 4.78 is 1.97. The molecule has 24 heavy (non-hydrogen) atoms. The summed E-state index contributed by atoms with van der Waals surface area (Å²) in [6, 6.07) is 2.26. The summed E-state index contributed by atoms with van der Waals surface area (Å²) in [5.74, 6) is 0.0619. The van der Waals surface area contributed by atoms with Gasteiger partial charge >= 0.3 is 0 Å². The van der Waals surface area contributed by atoms with Gasteiger partial charge in [-0.25, -0.2) is 4.98 Å². The van der Waals surface area contributed by atoms with Gasteiger partial charge in [-0.3, -0.25) is 9.48 Å². The van der Waals surface area contributed by atoms with E-state index in [1.807, 2.05) is 48.9 Å². The first kappa shape index (κ1) is 17.1. The molecule has 3 heterocycles. The molecule has 0 N–H and O–H groups in total. The van der Waals surface area contributed by atoms with Gasteiger partial charge in [-0.05, 0) is 32.8 Å². The molecular weight excluding hydrogens is 322 g/mol. The number of piperidine rings is 1. The monoisotopic (exact) mass is 347 g/mol. The molecule has 0 unspecified atom stereocenters. The third kappa shape index (κ3) is 3.84. The van der Waals surface area contributed by atoms with Crippen molar-refractivity contribution in [1.29, 1.82) is 0 Å². The van der Waals surface area contributed by atoms with Crippen molar-refractivity contribution in [1.82, 2.24) is 24.6 Å². The standard InChI is InChI=1S/C17H25N5OS/c1-13-16(19-14(2)24-13)17(23)20(3)15-5-9-21(10-6-15)11-12-22-8-4-7-18-22/h4,7-8,15H,5-6,9-12H2,1-3H3. The van der Waals surface area contributed by atoms with E-state index in [4.69, 9.17) is 0 Å². The molecule has 130 valence electrons. The van der Waals surface area contributed by atoms with Crippen LogP contribution in [0.25, 0.3) is 0 Å². The molecule has 1 aliphatic heterocycles. The summed E-state index contributed by atoms with van der Waals surface area (Å²) in [7, 11) is 1.92. The Labute approximate surface area is 147 Å². The van der Waals surface area contributed by atoms with Crippen LogP contribution in [0.3, 0.4) is 0 Å². The topological polar surface area (TPSA) is 54.3 Å². The average Bonchev–Trinajstić information content (AvgIpc) is 3.21. The van der Waals surface area contributed by atoms with Gasteiger partial charge in [-0.1, -0.05) is 0 Å². The van der Waals surface area contributed by atoms with Gasteiger partial charge in [0.25, 0.3) is 5.91 Å². The number of hydrogen-bond donors (Lipinski definition) is 0. The van der Waals surface area contributed by atoms with Gasteiger partial charge in [0.15, 0.2) is 0 Å². The summed E-state index contributed by atoms with van der Waals surface area (Å²) in [4.78, 5) is 22.5. The fraction of sp³-hybridized carbons (Fsp3) is 0.588. The first-order valence-electron chi connectivity index (χ1n) is 8.45. The maximum Gasteiger partial charge on any atom is 0.273 e. The first-order valence-corrected chi connectivity index (χ1v) is 9.27. The van der Waals surface area contributed by atoms with Crippen LogP contribution in [-0.4, -0.2) is 63.2 Å². The number of amides is 1. The van der Waals surface area contributed by atoms with Crippen molar-refractivity contribution in [2.24, 2.45) is 0 Å². The Kier molecular flexibility index (Phi) is 5.30. The first-order chi connectivity index (χ1) is 11.5. The van der Waals surface area contributed by atoms with E-state index in [1.54, 1.807) is 11.3 Å². The highest BCUT2D eigenvalue weighted by Crippen LogP contribution is 2.21. The minimum atomic E-state index is 0.0619. The van der Waals surface area contributed by atoms with E-state index < -0.39 is 0 Å². The third-order valence-corrected chi connectivity index (χ3v) is 5.62. The lowest BCUT2D eigenvalue weighted by Crippen LogP contribution is -2.46. The second-order valence-electron chi connectivity index (χ2n) is 6.40. The van der Waals surface area contributed by atoms with Crippen LogP contribution in [0.4, 0.5) is 0 Å². The van der Waals surface area contributed by atoms with E-state index in [2.05, 4.69) is 15.0 Å². The molecule has 0 aliphatic carbocycles. The van der Waals surface area contributed by atoms with Crippen LogP contribution >= 0.6 is 11.3 Å². The van der Waals surface area contributed by atoms with Crippen LogP contribution in [-0.2, 0) is 6.54 Å². The van der Waals surface area contributed by atoms with Gasteiger partial charge < -0.3 is 9.80 Å². The lowest BCUT2D eigenvalue weighted by molar-refractivity contribution is 0.0633. The summed E-state index contributed by atoms with van der Waals surface area (Å²) >= 11 is 1.59. The molecule has 0 bridgehead atoms. The van der Waals surface area contributed by atoms with Crippen molar-refractivity contribution in [3.8, 4) is 0 Å². The minimum Gasteiger partial charge on any atom is -0.337 e. The van der Waals surface area contributed by atoms with Crippen LogP contribution < -0.4 is 0 Å². The number of thiazole rings is 1. The van der Waals surface area contributed by atoms with E-state index >= 15 is 0 Å². The van der Waals surface area contributed by atoms with Crippen LogP contribution in [0, 0.1) is 13.8 Å². The highest BCUT2D eigenvalue weighted by atomic mass is 32.1. The van der Waals surface area contributed by atoms with Gasteiger partial charge in [0, 0.05) is 50.0 Å². The van der Waals surface area contributed by atoms with Gasteiger partial charge in [0.2, 0.25) is 0 Å². The van der Waals surface area contributed by atoms with E-state index in [9.17, 15) is 4.79 Å². The molecule has 0 atom stereocenters. The van der Waals surface area contributed by atoms with Crippen molar-refractivity contribution in [3.05, 3.63) is 34.0 Å². The normalized spacial score (nSPS) is 16.5. The molecule has 7 heteroatoms. The van der Waals surface area contributed by atoms with E-state index in [-0.39, 0.29) is 5.91 Å². The summed E-state index contributed by atoms with van der Waals surface area (Å²) in [6.07, 6.45) is 5.85. The summed E-state index contributed by atoms with van der Waals surface area (Å²) in [6.45, 7) is 7.91. The number of hydrogen-bond acceptors (Lipinski definition) is 5. The molecule has 1 amide bonds. The van der Waals surface area contributed by atoms with E-state index in [0.29, 0.717) is 11.7 Å². The van der Waals surface area contributed by atoms with Crippen molar-refractivity contribution in [3.63, 3.8) is 0 Å². The fourth-order valence-electron chi connectivity index (χ4n) is 3.27. The van der Waals surface area contributed by atoms with Gasteiger partial charge in [-0.15, -0.1) is 11.3 Å². The molecule has 0 aromatic carbocycles. The number of likely N-dealkylation sites (tertiary alicyclic amines) is 1. The Morgan fingerprint density at radius 2 is 2.08 bits per heavy atom. The van der Waals surface area contributed by atoms with Crippen molar-refractivity contribution in [2.45, 2.75) is 39.3 Å². The second-order valence-corrected chi connectivity index (χ2v) is 7.80. The SMILES string of the molecule is Cc1nc(C(=O)N(C)C2CCN(CCn3cccn3)CC2)c(C)s1. The number of aromatic nitrogens is 3. The Hall–Kier alpha value is -1.73. The van der Waals surface area contributed by atoms with Crippen molar-refractivity contribution in [2.75, 3.05) is 26.7 Å². The van der Waals surface area contributed by atoms with Gasteiger partial charge in [0.1, 0.15) is 5.69 Å². The third-order valence-electron chi connectivity index (χ3n) is 4.74. The molecule has 6 nitrogen and oxygen atoms in total. The van der Waals surface area contributed by atoms with Crippen molar-refractivity contribution >= 4 is 17.2 Å². The number of rotatable bonds is 5. The molecular formula is C17H25N5OS. The van der Waals surface area contributed by atoms with E-state index in [1.165, 1.54) is 0 Å². The molecule has 2 aromatic rings. The number of aryl methyl sites for hydroxylation is 2. The maximum atomic E-state index is 12.7. The maximum absolute atomic E-state index is 12.7. The molecule has 1 saturated heterocycles. The Morgan fingerprint density at radius 3 is 2.67 bits per heavy atom. The molecule has 0 spiro atoms. The molecule has 2 aromatic heterocycles. The molecule has 3 rings (SSSR count). The van der Waals surface area contributed by atoms with Crippen LogP contribution in [0.5, 0.6) is 0 Å².